The van der Waals surface area contributed by atoms with Crippen LogP contribution >= 0.6 is 11.6 Å². The van der Waals surface area contributed by atoms with Crippen molar-refractivity contribution in [1.82, 2.24) is 5.32 Å². The molecule has 104 valence electrons. The first kappa shape index (κ1) is 14.1. The molecule has 3 N–H and O–H groups in total. The summed E-state index contributed by atoms with van der Waals surface area (Å²) in [6.45, 7) is 4.53. The fraction of sp³-hybridized carbons (Fsp3) is 0.462. The molecule has 0 aliphatic carbocycles. The highest BCUT2D eigenvalue weighted by Crippen LogP contribution is 2.22. The molecule has 0 radical (unpaired) electrons. The van der Waals surface area contributed by atoms with Gasteiger partial charge in [-0.2, -0.15) is 0 Å². The van der Waals surface area contributed by atoms with Crippen molar-refractivity contribution in [2.24, 2.45) is 0 Å². The Morgan fingerprint density at radius 1 is 1.53 bits per heavy atom. The molecule has 0 saturated carbocycles. The number of ether oxygens (including phenoxy) is 2. The number of benzene rings is 1. The third kappa shape index (κ3) is 3.83. The molecule has 1 fully saturated rings. The van der Waals surface area contributed by atoms with Crippen molar-refractivity contribution >= 4 is 23.2 Å². The van der Waals surface area contributed by atoms with Gasteiger partial charge in [0.2, 0.25) is 0 Å². The van der Waals surface area contributed by atoms with Gasteiger partial charge in [0.05, 0.1) is 6.61 Å². The van der Waals surface area contributed by atoms with E-state index in [9.17, 15) is 4.79 Å². The zero-order valence-corrected chi connectivity index (χ0v) is 11.7. The molecule has 0 aromatic heterocycles. The fourth-order valence-electron chi connectivity index (χ4n) is 1.92. The third-order valence-corrected chi connectivity index (χ3v) is 2.96. The van der Waals surface area contributed by atoms with Crippen molar-refractivity contribution in [3.63, 3.8) is 0 Å². The van der Waals surface area contributed by atoms with Gasteiger partial charge in [-0.05, 0) is 32.0 Å². The highest BCUT2D eigenvalue weighted by molar-refractivity contribution is 6.31. The van der Waals surface area contributed by atoms with Crippen LogP contribution in [0.15, 0.2) is 18.2 Å². The van der Waals surface area contributed by atoms with Crippen molar-refractivity contribution in [2.45, 2.75) is 25.7 Å². The van der Waals surface area contributed by atoms with Crippen molar-refractivity contribution in [3.8, 4) is 0 Å². The quantitative estimate of drug-likeness (QED) is 0.830. The summed E-state index contributed by atoms with van der Waals surface area (Å²) in [5.74, 6) is -0.821. The molecule has 1 unspecified atom stereocenters. The monoisotopic (exact) mass is 284 g/mol. The summed E-state index contributed by atoms with van der Waals surface area (Å²) < 4.78 is 11.0. The van der Waals surface area contributed by atoms with Gasteiger partial charge in [0.25, 0.3) is 5.91 Å². The summed E-state index contributed by atoms with van der Waals surface area (Å²) in [4.78, 5) is 11.9. The van der Waals surface area contributed by atoms with Crippen molar-refractivity contribution in [2.75, 3.05) is 18.9 Å². The van der Waals surface area contributed by atoms with Gasteiger partial charge in [0, 0.05) is 22.8 Å². The Morgan fingerprint density at radius 3 is 2.84 bits per heavy atom. The molecule has 6 heteroatoms. The van der Waals surface area contributed by atoms with Gasteiger partial charge >= 0.3 is 0 Å². The molecular weight excluding hydrogens is 268 g/mol. The largest absolute Gasteiger partial charge is 0.399 e. The van der Waals surface area contributed by atoms with Gasteiger partial charge < -0.3 is 20.5 Å². The van der Waals surface area contributed by atoms with Crippen molar-refractivity contribution in [3.05, 3.63) is 28.8 Å². The molecule has 2 rings (SSSR count). The van der Waals surface area contributed by atoms with Gasteiger partial charge in [-0.15, -0.1) is 0 Å². The first-order valence-electron chi connectivity index (χ1n) is 6.02. The first-order valence-corrected chi connectivity index (χ1v) is 6.39. The van der Waals surface area contributed by atoms with Gasteiger partial charge in [-0.1, -0.05) is 11.6 Å². The maximum atomic E-state index is 11.9. The minimum Gasteiger partial charge on any atom is -0.399 e. The van der Waals surface area contributed by atoms with Crippen molar-refractivity contribution < 1.29 is 14.3 Å². The Morgan fingerprint density at radius 2 is 2.26 bits per heavy atom. The first-order chi connectivity index (χ1) is 8.85. The molecule has 1 amide bonds. The highest BCUT2D eigenvalue weighted by atomic mass is 35.5. The number of carbonyl (C=O) groups is 1. The highest BCUT2D eigenvalue weighted by Gasteiger charge is 2.32. The zero-order valence-electron chi connectivity index (χ0n) is 10.9. The summed E-state index contributed by atoms with van der Waals surface area (Å²) in [5.41, 5.74) is 6.53. The lowest BCUT2D eigenvalue weighted by Gasteiger charge is -2.17. The van der Waals surface area contributed by atoms with Gasteiger partial charge in [0.1, 0.15) is 6.10 Å². The van der Waals surface area contributed by atoms with Crippen LogP contribution in [-0.4, -0.2) is 30.9 Å². The molecule has 1 aromatic carbocycles. The Hall–Kier alpha value is -1.30. The number of rotatable bonds is 3. The summed E-state index contributed by atoms with van der Waals surface area (Å²) >= 11 is 5.85. The lowest BCUT2D eigenvalue weighted by Crippen LogP contribution is -2.34. The topological polar surface area (TPSA) is 73.6 Å². The van der Waals surface area contributed by atoms with E-state index in [4.69, 9.17) is 26.8 Å². The van der Waals surface area contributed by atoms with E-state index in [1.807, 2.05) is 13.8 Å². The molecule has 1 aliphatic rings. The summed E-state index contributed by atoms with van der Waals surface area (Å²) in [6, 6.07) is 4.75. The van der Waals surface area contributed by atoms with Crippen LogP contribution in [0.1, 0.15) is 24.2 Å². The second-order valence-electron chi connectivity index (χ2n) is 4.93. The van der Waals surface area contributed by atoms with Crippen LogP contribution in [0.5, 0.6) is 0 Å². The molecule has 1 aromatic rings. The average Bonchev–Trinajstić information content (AvgIpc) is 2.64. The smallest absolute Gasteiger partial charge is 0.251 e. The molecule has 1 aliphatic heterocycles. The van der Waals surface area contributed by atoms with Crippen molar-refractivity contribution in [1.29, 1.82) is 0 Å². The molecule has 1 saturated heterocycles. The van der Waals surface area contributed by atoms with E-state index in [2.05, 4.69) is 5.32 Å². The minimum atomic E-state index is -0.587. The van der Waals surface area contributed by atoms with E-state index >= 15 is 0 Å². The molecule has 1 heterocycles. The maximum Gasteiger partial charge on any atom is 0.251 e. The van der Waals surface area contributed by atoms with E-state index < -0.39 is 5.79 Å². The maximum absolute atomic E-state index is 11.9. The number of anilines is 1. The Kier molecular flexibility index (Phi) is 3.99. The zero-order chi connectivity index (χ0) is 14.0. The standard InChI is InChI=1S/C13H17ClN2O3/c1-13(2)18-7-11(19-13)6-16-12(17)8-3-9(14)5-10(15)4-8/h3-5,11H,6-7,15H2,1-2H3,(H,16,17). The minimum absolute atomic E-state index is 0.143. The lowest BCUT2D eigenvalue weighted by molar-refractivity contribution is -0.137. The van der Waals surface area contributed by atoms with E-state index in [0.717, 1.165) is 0 Å². The Labute approximate surface area is 117 Å². The molecule has 0 bridgehead atoms. The van der Waals surface area contributed by atoms with E-state index in [-0.39, 0.29) is 12.0 Å². The van der Waals surface area contributed by atoms with Gasteiger partial charge in [0.15, 0.2) is 5.79 Å². The Balaban J connectivity index is 1.91. The number of nitrogens with two attached hydrogens (primary N) is 1. The molecule has 5 nitrogen and oxygen atoms in total. The number of carbonyl (C=O) groups excluding carboxylic acids is 1. The van der Waals surface area contributed by atoms with E-state index in [1.165, 1.54) is 0 Å². The fourth-order valence-corrected chi connectivity index (χ4v) is 2.16. The number of hydrogen-bond donors (Lipinski definition) is 2. The lowest BCUT2D eigenvalue weighted by atomic mass is 10.2. The van der Waals surface area contributed by atoms with Crippen LogP contribution in [0.25, 0.3) is 0 Å². The number of halogens is 1. The van der Waals surface area contributed by atoms with Crippen LogP contribution in [0.3, 0.4) is 0 Å². The molecule has 1 atom stereocenters. The SMILES string of the molecule is CC1(C)OCC(CNC(=O)c2cc(N)cc(Cl)c2)O1. The normalized spacial score (nSPS) is 21.3. The second-order valence-corrected chi connectivity index (χ2v) is 5.37. The predicted molar refractivity (Wildman–Crippen MR) is 73.1 cm³/mol. The number of amides is 1. The van der Waals surface area contributed by atoms with E-state index in [0.29, 0.717) is 29.4 Å². The van der Waals surface area contributed by atoms with Crippen LogP contribution in [0, 0.1) is 0 Å². The van der Waals surface area contributed by atoms with Crippen LogP contribution in [0.4, 0.5) is 5.69 Å². The van der Waals surface area contributed by atoms with Gasteiger partial charge in [-0.25, -0.2) is 0 Å². The number of nitrogens with one attached hydrogen (secondary N) is 1. The van der Waals surface area contributed by atoms with Crippen LogP contribution < -0.4 is 11.1 Å². The van der Waals surface area contributed by atoms with Gasteiger partial charge in [-0.3, -0.25) is 4.79 Å². The molecule has 19 heavy (non-hydrogen) atoms. The summed E-state index contributed by atoms with van der Waals surface area (Å²) in [7, 11) is 0. The molecule has 0 spiro atoms. The average molecular weight is 285 g/mol. The summed E-state index contributed by atoms with van der Waals surface area (Å²) in [6.07, 6.45) is -0.143. The summed E-state index contributed by atoms with van der Waals surface area (Å²) in [5, 5.41) is 3.21. The van der Waals surface area contributed by atoms with E-state index in [1.54, 1.807) is 18.2 Å². The van der Waals surface area contributed by atoms with Crippen LogP contribution in [-0.2, 0) is 9.47 Å². The second kappa shape index (κ2) is 5.36. The Bertz CT molecular complexity index is 471. The number of nitrogen functional groups attached to an aromatic ring is 1. The van der Waals surface area contributed by atoms with Crippen LogP contribution in [0.2, 0.25) is 5.02 Å². The predicted octanol–water partition coefficient (Wildman–Crippen LogP) is 1.80. The third-order valence-electron chi connectivity index (χ3n) is 2.74. The molecular formula is C13H17ClN2O3. The number of hydrogen-bond acceptors (Lipinski definition) is 4.